The highest BCUT2D eigenvalue weighted by Crippen LogP contribution is 2.22. The van der Waals surface area contributed by atoms with Crippen molar-refractivity contribution in [3.8, 4) is 0 Å². The number of H-pyrrole nitrogens is 2. The highest BCUT2D eigenvalue weighted by Gasteiger charge is 2.33. The summed E-state index contributed by atoms with van der Waals surface area (Å²) in [5.41, 5.74) is -1.71. The maximum Gasteiger partial charge on any atom is 0.325 e. The minimum absolute atomic E-state index is 0.256. The van der Waals surface area contributed by atoms with Crippen LogP contribution in [-0.2, 0) is 10.0 Å². The summed E-state index contributed by atoms with van der Waals surface area (Å²) < 4.78 is 26.2. The molecule has 1 fully saturated rings. The van der Waals surface area contributed by atoms with Gasteiger partial charge in [-0.2, -0.15) is 4.31 Å². The van der Waals surface area contributed by atoms with Crippen LogP contribution in [0.15, 0.2) is 20.7 Å². The molecule has 1 saturated heterocycles. The average molecular weight is 303 g/mol. The Labute approximate surface area is 115 Å². The van der Waals surface area contributed by atoms with E-state index in [2.05, 4.69) is 4.98 Å². The Balaban J connectivity index is 2.46. The van der Waals surface area contributed by atoms with Crippen LogP contribution in [0.5, 0.6) is 0 Å². The smallest absolute Gasteiger partial charge is 0.325 e. The van der Waals surface area contributed by atoms with Crippen LogP contribution < -0.4 is 11.2 Å². The van der Waals surface area contributed by atoms with Gasteiger partial charge in [0.2, 0.25) is 10.0 Å². The quantitative estimate of drug-likeness (QED) is 0.660. The number of aromatic nitrogens is 2. The number of sulfonamides is 1. The van der Waals surface area contributed by atoms with Gasteiger partial charge in [-0.3, -0.25) is 9.78 Å². The lowest BCUT2D eigenvalue weighted by molar-refractivity contribution is 0.186. The van der Waals surface area contributed by atoms with E-state index in [0.29, 0.717) is 12.8 Å². The molecule has 2 rings (SSSR count). The Hall–Kier alpha value is -1.45. The van der Waals surface area contributed by atoms with Crippen LogP contribution in [0.4, 0.5) is 0 Å². The minimum Gasteiger partial charge on any atom is -0.395 e. The van der Waals surface area contributed by atoms with Gasteiger partial charge in [-0.25, -0.2) is 13.2 Å². The van der Waals surface area contributed by atoms with Gasteiger partial charge in [-0.05, 0) is 12.8 Å². The molecular formula is C11H17N3O5S. The summed E-state index contributed by atoms with van der Waals surface area (Å²) in [7, 11) is -4.03. The van der Waals surface area contributed by atoms with Crippen LogP contribution >= 0.6 is 0 Å². The van der Waals surface area contributed by atoms with Gasteiger partial charge in [0.1, 0.15) is 0 Å². The summed E-state index contributed by atoms with van der Waals surface area (Å²) in [5.74, 6) is 0. The van der Waals surface area contributed by atoms with E-state index >= 15 is 0 Å². The zero-order chi connectivity index (χ0) is 14.8. The molecule has 0 spiro atoms. The van der Waals surface area contributed by atoms with Crippen molar-refractivity contribution in [2.75, 3.05) is 13.2 Å². The minimum atomic E-state index is -4.03. The Kier molecular flexibility index (Phi) is 4.41. The van der Waals surface area contributed by atoms with E-state index in [4.69, 9.17) is 0 Å². The van der Waals surface area contributed by atoms with Gasteiger partial charge in [-0.1, -0.05) is 12.8 Å². The average Bonchev–Trinajstić information content (AvgIpc) is 2.63. The zero-order valence-corrected chi connectivity index (χ0v) is 11.6. The lowest BCUT2D eigenvalue weighted by Gasteiger charge is -2.27. The molecule has 0 bridgehead atoms. The summed E-state index contributed by atoms with van der Waals surface area (Å²) in [5, 5.41) is 9.36. The molecule has 2 heterocycles. The molecule has 1 aromatic heterocycles. The van der Waals surface area contributed by atoms with Crippen molar-refractivity contribution >= 4 is 10.0 Å². The number of nitrogens with one attached hydrogen (secondary N) is 2. The standard InChI is InChI=1S/C11H17N3O5S/c15-7-8-4-2-1-3-5-14(8)20(18,19)9-6-12-11(17)13-10(9)16/h6,8,15H,1-5,7H2,(H2,12,13,16,17). The van der Waals surface area contributed by atoms with Gasteiger partial charge >= 0.3 is 5.69 Å². The van der Waals surface area contributed by atoms with Crippen LogP contribution in [0.3, 0.4) is 0 Å². The van der Waals surface area contributed by atoms with E-state index in [1.54, 1.807) is 0 Å². The SMILES string of the molecule is O=c1[nH]cc(S(=O)(=O)N2CCCCCC2CO)c(=O)[nH]1. The number of nitrogens with zero attached hydrogens (tertiary/aromatic N) is 1. The van der Waals surface area contributed by atoms with E-state index in [1.165, 1.54) is 0 Å². The second kappa shape index (κ2) is 5.90. The van der Waals surface area contributed by atoms with Crippen molar-refractivity contribution in [1.29, 1.82) is 0 Å². The topological polar surface area (TPSA) is 123 Å². The van der Waals surface area contributed by atoms with Gasteiger partial charge in [0.15, 0.2) is 4.90 Å². The van der Waals surface area contributed by atoms with Gasteiger partial charge < -0.3 is 10.1 Å². The van der Waals surface area contributed by atoms with Crippen molar-refractivity contribution in [3.05, 3.63) is 27.0 Å². The first-order valence-corrected chi connectivity index (χ1v) is 7.85. The van der Waals surface area contributed by atoms with Gasteiger partial charge in [0.05, 0.1) is 6.61 Å². The third kappa shape index (κ3) is 2.84. The van der Waals surface area contributed by atoms with Crippen LogP contribution in [0, 0.1) is 0 Å². The highest BCUT2D eigenvalue weighted by molar-refractivity contribution is 7.89. The molecule has 1 aliphatic rings. The zero-order valence-electron chi connectivity index (χ0n) is 10.8. The number of aliphatic hydroxyl groups is 1. The third-order valence-corrected chi connectivity index (χ3v) is 5.36. The fourth-order valence-electron chi connectivity index (χ4n) is 2.37. The molecule has 0 amide bonds. The first-order valence-electron chi connectivity index (χ1n) is 6.41. The molecule has 9 heteroatoms. The van der Waals surface area contributed by atoms with Crippen LogP contribution in [-0.4, -0.2) is 47.0 Å². The normalized spacial score (nSPS) is 21.6. The van der Waals surface area contributed by atoms with Crippen LogP contribution in [0.2, 0.25) is 0 Å². The summed E-state index contributed by atoms with van der Waals surface area (Å²) in [4.78, 5) is 26.2. The second-order valence-corrected chi connectivity index (χ2v) is 6.60. The molecule has 112 valence electrons. The van der Waals surface area contributed by atoms with Crippen molar-refractivity contribution in [3.63, 3.8) is 0 Å². The fraction of sp³-hybridized carbons (Fsp3) is 0.636. The Bertz CT molecular complexity index is 678. The van der Waals surface area contributed by atoms with E-state index in [0.717, 1.165) is 23.3 Å². The Morgan fingerprint density at radius 3 is 2.70 bits per heavy atom. The monoisotopic (exact) mass is 303 g/mol. The Morgan fingerprint density at radius 2 is 2.05 bits per heavy atom. The Morgan fingerprint density at radius 1 is 1.30 bits per heavy atom. The lowest BCUT2D eigenvalue weighted by atomic mass is 10.1. The number of aliphatic hydroxyl groups excluding tert-OH is 1. The van der Waals surface area contributed by atoms with E-state index in [9.17, 15) is 23.1 Å². The number of hydrogen-bond donors (Lipinski definition) is 3. The maximum absolute atomic E-state index is 12.5. The first kappa shape index (κ1) is 14.9. The van der Waals surface area contributed by atoms with E-state index < -0.39 is 32.2 Å². The van der Waals surface area contributed by atoms with Crippen LogP contribution in [0.1, 0.15) is 25.7 Å². The highest BCUT2D eigenvalue weighted by atomic mass is 32.2. The number of aromatic amines is 2. The summed E-state index contributed by atoms with van der Waals surface area (Å²) in [6.45, 7) is -0.0351. The number of rotatable bonds is 3. The number of hydrogen-bond acceptors (Lipinski definition) is 5. The molecule has 3 N–H and O–H groups in total. The molecule has 1 aliphatic heterocycles. The molecule has 1 atom stereocenters. The molecule has 1 aromatic rings. The van der Waals surface area contributed by atoms with Crippen molar-refractivity contribution in [1.82, 2.24) is 14.3 Å². The third-order valence-electron chi connectivity index (χ3n) is 3.41. The maximum atomic E-state index is 12.5. The molecule has 0 saturated carbocycles. The molecule has 0 aliphatic carbocycles. The fourth-order valence-corrected chi connectivity index (χ4v) is 4.04. The predicted octanol–water partition coefficient (Wildman–Crippen LogP) is -1.01. The largest absolute Gasteiger partial charge is 0.395 e. The lowest BCUT2D eigenvalue weighted by Crippen LogP contribution is -2.44. The molecule has 1 unspecified atom stereocenters. The van der Waals surface area contributed by atoms with Crippen LogP contribution in [0.25, 0.3) is 0 Å². The summed E-state index contributed by atoms with van der Waals surface area (Å²) in [6, 6.07) is -0.533. The van der Waals surface area contributed by atoms with Gasteiger partial charge in [-0.15, -0.1) is 0 Å². The first-order chi connectivity index (χ1) is 9.46. The van der Waals surface area contributed by atoms with E-state index in [-0.39, 0.29) is 13.2 Å². The van der Waals surface area contributed by atoms with Crippen molar-refractivity contribution in [2.45, 2.75) is 36.6 Å². The summed E-state index contributed by atoms with van der Waals surface area (Å²) in [6.07, 6.45) is 3.84. The predicted molar refractivity (Wildman–Crippen MR) is 70.9 cm³/mol. The molecular weight excluding hydrogens is 286 g/mol. The van der Waals surface area contributed by atoms with Gasteiger partial charge in [0, 0.05) is 18.8 Å². The summed E-state index contributed by atoms with van der Waals surface area (Å²) >= 11 is 0. The molecule has 0 aromatic carbocycles. The molecule has 0 radical (unpaired) electrons. The second-order valence-electron chi connectivity index (χ2n) is 4.74. The molecule has 8 nitrogen and oxygen atoms in total. The van der Waals surface area contributed by atoms with Crippen molar-refractivity contribution < 1.29 is 13.5 Å². The molecule has 20 heavy (non-hydrogen) atoms. The van der Waals surface area contributed by atoms with Crippen molar-refractivity contribution in [2.24, 2.45) is 0 Å². The van der Waals surface area contributed by atoms with E-state index in [1.807, 2.05) is 4.98 Å². The van der Waals surface area contributed by atoms with Gasteiger partial charge in [0.25, 0.3) is 5.56 Å².